The Hall–Kier alpha value is -2.18. The predicted molar refractivity (Wildman–Crippen MR) is 63.1 cm³/mol. The summed E-state index contributed by atoms with van der Waals surface area (Å²) in [4.78, 5) is 14.9. The molecule has 0 amide bonds. The molecule has 0 saturated carbocycles. The monoisotopic (exact) mass is 249 g/mol. The fourth-order valence-corrected chi connectivity index (χ4v) is 1.62. The van der Waals surface area contributed by atoms with E-state index in [4.69, 9.17) is 5.11 Å². The Morgan fingerprint density at radius 1 is 1.50 bits per heavy atom. The van der Waals surface area contributed by atoms with Crippen LogP contribution in [-0.2, 0) is 13.1 Å². The minimum Gasteiger partial charge on any atom is -0.476 e. The van der Waals surface area contributed by atoms with Gasteiger partial charge in [0.15, 0.2) is 5.69 Å². The number of rotatable bonds is 5. The van der Waals surface area contributed by atoms with Crippen molar-refractivity contribution in [2.75, 3.05) is 0 Å². The molecule has 7 nitrogen and oxygen atoms in total. The van der Waals surface area contributed by atoms with Gasteiger partial charge < -0.3 is 5.11 Å². The molecule has 2 heterocycles. The molecule has 1 N–H and O–H groups in total. The lowest BCUT2D eigenvalue weighted by molar-refractivity contribution is 0.0689. The summed E-state index contributed by atoms with van der Waals surface area (Å²) >= 11 is 0. The summed E-state index contributed by atoms with van der Waals surface area (Å²) in [6, 6.07) is 1.46. The van der Waals surface area contributed by atoms with Crippen molar-refractivity contribution in [2.45, 2.75) is 26.9 Å². The highest BCUT2D eigenvalue weighted by Gasteiger charge is 2.10. The second-order valence-corrected chi connectivity index (χ2v) is 4.46. The van der Waals surface area contributed by atoms with Crippen LogP contribution in [-0.4, -0.2) is 35.6 Å². The molecule has 0 bridgehead atoms. The Morgan fingerprint density at radius 2 is 2.28 bits per heavy atom. The number of carboxylic acid groups (broad SMARTS) is 1. The van der Waals surface area contributed by atoms with Crippen molar-refractivity contribution in [3.63, 3.8) is 0 Å². The Balaban J connectivity index is 2.13. The van der Waals surface area contributed by atoms with Crippen LogP contribution in [0.2, 0.25) is 0 Å². The van der Waals surface area contributed by atoms with Gasteiger partial charge in [-0.25, -0.2) is 14.5 Å². The third-order valence-electron chi connectivity index (χ3n) is 2.40. The van der Waals surface area contributed by atoms with E-state index in [0.29, 0.717) is 12.5 Å². The molecule has 0 radical (unpaired) electrons. The Bertz CT molecular complexity index is 543. The fraction of sp³-hybridized carbons (Fsp3) is 0.455. The first-order valence-corrected chi connectivity index (χ1v) is 5.69. The highest BCUT2D eigenvalue weighted by atomic mass is 16.4. The molecule has 0 unspecified atom stereocenters. The number of hydrogen-bond donors (Lipinski definition) is 1. The lowest BCUT2D eigenvalue weighted by atomic mass is 10.2. The molecule has 0 fully saturated rings. The van der Waals surface area contributed by atoms with E-state index in [-0.39, 0.29) is 5.69 Å². The van der Waals surface area contributed by atoms with Gasteiger partial charge in [-0.15, -0.1) is 0 Å². The molecule has 2 aromatic rings. The van der Waals surface area contributed by atoms with Crippen LogP contribution in [0.3, 0.4) is 0 Å². The Kier molecular flexibility index (Phi) is 3.40. The number of hydrogen-bond acceptors (Lipinski definition) is 4. The van der Waals surface area contributed by atoms with Crippen LogP contribution < -0.4 is 0 Å². The zero-order chi connectivity index (χ0) is 13.1. The lowest BCUT2D eigenvalue weighted by Gasteiger charge is -2.08. The SMILES string of the molecule is CC(C)Cn1ncnc1Cn1ccc(C(=O)O)n1. The molecule has 0 saturated heterocycles. The van der Waals surface area contributed by atoms with Crippen molar-refractivity contribution in [1.82, 2.24) is 24.5 Å². The molecule has 18 heavy (non-hydrogen) atoms. The van der Waals surface area contributed by atoms with Crippen molar-refractivity contribution >= 4 is 5.97 Å². The van der Waals surface area contributed by atoms with Crippen LogP contribution in [0.15, 0.2) is 18.6 Å². The minimum absolute atomic E-state index is 0.0323. The van der Waals surface area contributed by atoms with Gasteiger partial charge >= 0.3 is 5.97 Å². The molecule has 0 aromatic carbocycles. The van der Waals surface area contributed by atoms with Crippen LogP contribution in [0.4, 0.5) is 0 Å². The molecule has 0 aliphatic rings. The van der Waals surface area contributed by atoms with Crippen LogP contribution in [0.5, 0.6) is 0 Å². The van der Waals surface area contributed by atoms with Gasteiger partial charge in [-0.2, -0.15) is 10.2 Å². The van der Waals surface area contributed by atoms with Gasteiger partial charge in [0.25, 0.3) is 0 Å². The summed E-state index contributed by atoms with van der Waals surface area (Å²) in [5.74, 6) is 0.207. The molecule has 96 valence electrons. The van der Waals surface area contributed by atoms with Crippen molar-refractivity contribution in [3.05, 3.63) is 30.1 Å². The van der Waals surface area contributed by atoms with E-state index in [0.717, 1.165) is 12.4 Å². The third-order valence-corrected chi connectivity index (χ3v) is 2.40. The number of aromatic carboxylic acids is 1. The lowest BCUT2D eigenvalue weighted by Crippen LogP contribution is -2.14. The maximum atomic E-state index is 10.7. The van der Waals surface area contributed by atoms with Gasteiger partial charge in [-0.1, -0.05) is 13.8 Å². The summed E-state index contributed by atoms with van der Waals surface area (Å²) in [5, 5.41) is 16.9. The summed E-state index contributed by atoms with van der Waals surface area (Å²) in [5.41, 5.74) is 0.0323. The summed E-state index contributed by atoms with van der Waals surface area (Å²) in [6.45, 7) is 5.40. The van der Waals surface area contributed by atoms with Crippen molar-refractivity contribution < 1.29 is 9.90 Å². The predicted octanol–water partition coefficient (Wildman–Crippen LogP) is 0.877. The second kappa shape index (κ2) is 4.99. The first-order chi connectivity index (χ1) is 8.56. The van der Waals surface area contributed by atoms with Gasteiger partial charge in [-0.05, 0) is 12.0 Å². The van der Waals surface area contributed by atoms with Gasteiger partial charge in [0.05, 0.1) is 0 Å². The van der Waals surface area contributed by atoms with Gasteiger partial charge in [0.1, 0.15) is 18.7 Å². The van der Waals surface area contributed by atoms with Crippen molar-refractivity contribution in [2.24, 2.45) is 5.92 Å². The average Bonchev–Trinajstić information content (AvgIpc) is 2.89. The van der Waals surface area contributed by atoms with Crippen molar-refractivity contribution in [3.8, 4) is 0 Å². The van der Waals surface area contributed by atoms with E-state index in [1.807, 2.05) is 4.68 Å². The number of nitrogens with zero attached hydrogens (tertiary/aromatic N) is 5. The summed E-state index contributed by atoms with van der Waals surface area (Å²) in [6.07, 6.45) is 3.12. The Morgan fingerprint density at radius 3 is 2.89 bits per heavy atom. The van der Waals surface area contributed by atoms with E-state index in [9.17, 15) is 4.79 Å². The molecule has 7 heteroatoms. The molecule has 0 spiro atoms. The first kappa shape index (κ1) is 12.3. The molecule has 2 rings (SSSR count). The maximum Gasteiger partial charge on any atom is 0.356 e. The quantitative estimate of drug-likeness (QED) is 0.850. The van der Waals surface area contributed by atoms with Crippen LogP contribution >= 0.6 is 0 Å². The van der Waals surface area contributed by atoms with E-state index >= 15 is 0 Å². The second-order valence-electron chi connectivity index (χ2n) is 4.46. The van der Waals surface area contributed by atoms with Gasteiger partial charge in [0.2, 0.25) is 0 Å². The average molecular weight is 249 g/mol. The standard InChI is InChI=1S/C11H15N5O2/c1-8(2)5-16-10(12-7-13-16)6-15-4-3-9(14-15)11(17)18/h3-4,7-8H,5-6H2,1-2H3,(H,17,18). The van der Waals surface area contributed by atoms with E-state index in [2.05, 4.69) is 29.0 Å². The topological polar surface area (TPSA) is 85.8 Å². The number of carbonyl (C=O) groups is 1. The molecule has 0 aliphatic heterocycles. The molecule has 0 atom stereocenters. The normalized spacial score (nSPS) is 11.1. The third kappa shape index (κ3) is 2.73. The number of carboxylic acids is 1. The van der Waals surface area contributed by atoms with Gasteiger partial charge in [-0.3, -0.25) is 4.68 Å². The smallest absolute Gasteiger partial charge is 0.356 e. The summed E-state index contributed by atoms with van der Waals surface area (Å²) in [7, 11) is 0. The van der Waals surface area contributed by atoms with E-state index in [1.54, 1.807) is 10.9 Å². The minimum atomic E-state index is -1.03. The molecule has 0 aliphatic carbocycles. The fourth-order valence-electron chi connectivity index (χ4n) is 1.62. The van der Waals surface area contributed by atoms with Crippen LogP contribution in [0.25, 0.3) is 0 Å². The molecular formula is C11H15N5O2. The van der Waals surface area contributed by atoms with Crippen LogP contribution in [0.1, 0.15) is 30.2 Å². The maximum absolute atomic E-state index is 10.7. The van der Waals surface area contributed by atoms with Crippen LogP contribution in [0, 0.1) is 5.92 Å². The Labute approximate surface area is 104 Å². The van der Waals surface area contributed by atoms with E-state index < -0.39 is 5.97 Å². The van der Waals surface area contributed by atoms with Gasteiger partial charge in [0, 0.05) is 12.7 Å². The molecular weight excluding hydrogens is 234 g/mol. The van der Waals surface area contributed by atoms with Crippen molar-refractivity contribution in [1.29, 1.82) is 0 Å². The summed E-state index contributed by atoms with van der Waals surface area (Å²) < 4.78 is 3.36. The molecule has 2 aromatic heterocycles. The number of aromatic nitrogens is 5. The first-order valence-electron chi connectivity index (χ1n) is 5.69. The highest BCUT2D eigenvalue weighted by molar-refractivity contribution is 5.85. The highest BCUT2D eigenvalue weighted by Crippen LogP contribution is 2.04. The zero-order valence-corrected chi connectivity index (χ0v) is 10.3. The zero-order valence-electron chi connectivity index (χ0n) is 10.3. The largest absolute Gasteiger partial charge is 0.476 e. The van der Waals surface area contributed by atoms with E-state index in [1.165, 1.54) is 12.4 Å².